The lowest BCUT2D eigenvalue weighted by atomic mass is 10.1. The second kappa shape index (κ2) is 8.43. The topological polar surface area (TPSA) is 112 Å². The summed E-state index contributed by atoms with van der Waals surface area (Å²) in [6.07, 6.45) is 1.80. The minimum atomic E-state index is -3.07. The third kappa shape index (κ3) is 4.72. The Kier molecular flexibility index (Phi) is 5.69. The van der Waals surface area contributed by atoms with E-state index in [2.05, 4.69) is 5.32 Å². The van der Waals surface area contributed by atoms with Crippen LogP contribution >= 0.6 is 0 Å². The molecule has 31 heavy (non-hydrogen) atoms. The number of carbonyl (C=O) groups is 1. The summed E-state index contributed by atoms with van der Waals surface area (Å²) in [5.41, 5.74) is 1.29. The number of ether oxygens (including phenoxy) is 2. The molecule has 1 atom stereocenters. The van der Waals surface area contributed by atoms with Crippen molar-refractivity contribution in [3.63, 3.8) is 0 Å². The highest BCUT2D eigenvalue weighted by Crippen LogP contribution is 2.24. The van der Waals surface area contributed by atoms with Crippen LogP contribution < -0.4 is 20.2 Å². The zero-order valence-corrected chi connectivity index (χ0v) is 17.6. The van der Waals surface area contributed by atoms with Gasteiger partial charge in [0.1, 0.15) is 23.3 Å². The van der Waals surface area contributed by atoms with Gasteiger partial charge in [-0.05, 0) is 36.2 Å². The molecule has 1 fully saturated rings. The summed E-state index contributed by atoms with van der Waals surface area (Å²) in [5, 5.41) is 3.05. The number of amides is 1. The van der Waals surface area contributed by atoms with Gasteiger partial charge in [0.2, 0.25) is 0 Å². The Balaban J connectivity index is 1.46. The van der Waals surface area contributed by atoms with Crippen LogP contribution in [0.25, 0.3) is 22.1 Å². The van der Waals surface area contributed by atoms with Gasteiger partial charge in [0.05, 0.1) is 29.6 Å². The van der Waals surface area contributed by atoms with Gasteiger partial charge in [-0.25, -0.2) is 8.42 Å². The quantitative estimate of drug-likeness (QED) is 0.621. The van der Waals surface area contributed by atoms with Crippen molar-refractivity contribution in [3.8, 4) is 22.6 Å². The fraction of sp³-hybridized carbons (Fsp3) is 0.273. The number of hydrogen-bond acceptors (Lipinski definition) is 7. The minimum absolute atomic E-state index is 0.0452. The molecule has 162 valence electrons. The Hall–Kier alpha value is -3.33. The summed E-state index contributed by atoms with van der Waals surface area (Å²) in [6, 6.07) is 11.4. The second-order valence-electron chi connectivity index (χ2n) is 7.32. The number of rotatable bonds is 6. The molecule has 1 aromatic heterocycles. The molecule has 1 aliphatic rings. The predicted octanol–water partition coefficient (Wildman–Crippen LogP) is 2.15. The molecule has 2 heterocycles. The van der Waals surface area contributed by atoms with Gasteiger partial charge in [0.15, 0.2) is 21.9 Å². The predicted molar refractivity (Wildman–Crippen MR) is 115 cm³/mol. The van der Waals surface area contributed by atoms with Gasteiger partial charge in [0, 0.05) is 12.1 Å². The molecule has 1 aliphatic heterocycles. The van der Waals surface area contributed by atoms with E-state index in [1.54, 1.807) is 49.6 Å². The van der Waals surface area contributed by atoms with Crippen molar-refractivity contribution < 1.29 is 27.1 Å². The average Bonchev–Trinajstić information content (AvgIpc) is 3.10. The number of hydrogen-bond donors (Lipinski definition) is 1. The van der Waals surface area contributed by atoms with E-state index in [1.165, 1.54) is 6.26 Å². The number of nitrogens with one attached hydrogen (secondary N) is 1. The van der Waals surface area contributed by atoms with E-state index < -0.39 is 15.7 Å². The van der Waals surface area contributed by atoms with Crippen molar-refractivity contribution in [2.45, 2.75) is 12.5 Å². The molecule has 9 heteroatoms. The number of fused-ring (bicyclic) bond motifs is 1. The molecule has 0 radical (unpaired) electrons. The summed E-state index contributed by atoms with van der Waals surface area (Å²) in [7, 11) is -1.50. The fourth-order valence-electron chi connectivity index (χ4n) is 3.50. The Morgan fingerprint density at radius 3 is 2.58 bits per heavy atom. The third-order valence-corrected chi connectivity index (χ3v) is 6.88. The number of sulfone groups is 1. The van der Waals surface area contributed by atoms with E-state index in [-0.39, 0.29) is 29.6 Å². The number of methoxy groups -OCH3 is 1. The lowest BCUT2D eigenvalue weighted by Crippen LogP contribution is -2.38. The molecule has 0 bridgehead atoms. The minimum Gasteiger partial charge on any atom is -0.497 e. The fourth-order valence-corrected chi connectivity index (χ4v) is 5.17. The van der Waals surface area contributed by atoms with Gasteiger partial charge in [-0.2, -0.15) is 0 Å². The van der Waals surface area contributed by atoms with Crippen LogP contribution in [0.1, 0.15) is 6.42 Å². The van der Waals surface area contributed by atoms with Crippen LogP contribution in [0.2, 0.25) is 0 Å². The molecule has 1 amide bonds. The van der Waals surface area contributed by atoms with Crippen molar-refractivity contribution in [2.24, 2.45) is 0 Å². The normalized spacial score (nSPS) is 17.4. The van der Waals surface area contributed by atoms with E-state index in [9.17, 15) is 18.0 Å². The highest BCUT2D eigenvalue weighted by Gasteiger charge is 2.28. The van der Waals surface area contributed by atoms with Crippen LogP contribution in [0.15, 0.2) is 57.9 Å². The molecule has 1 N–H and O–H groups in total. The van der Waals surface area contributed by atoms with E-state index in [0.717, 1.165) is 0 Å². The van der Waals surface area contributed by atoms with Gasteiger partial charge in [-0.15, -0.1) is 0 Å². The SMILES string of the molecule is COc1ccc(-c2coc3cc(OCC(=O)NC4CCS(=O)(=O)C4)ccc3c2=O)cc1. The van der Waals surface area contributed by atoms with Gasteiger partial charge in [0.25, 0.3) is 5.91 Å². The first-order chi connectivity index (χ1) is 14.8. The van der Waals surface area contributed by atoms with E-state index in [1.807, 2.05) is 0 Å². The van der Waals surface area contributed by atoms with Crippen LogP contribution in [-0.2, 0) is 14.6 Å². The van der Waals surface area contributed by atoms with Gasteiger partial charge in [-0.1, -0.05) is 12.1 Å². The lowest BCUT2D eigenvalue weighted by Gasteiger charge is -2.12. The van der Waals surface area contributed by atoms with Crippen molar-refractivity contribution in [3.05, 3.63) is 59.0 Å². The maximum absolute atomic E-state index is 12.9. The Morgan fingerprint density at radius 1 is 1.16 bits per heavy atom. The van der Waals surface area contributed by atoms with Crippen molar-refractivity contribution >= 4 is 26.7 Å². The average molecular weight is 443 g/mol. The highest BCUT2D eigenvalue weighted by atomic mass is 32.2. The summed E-state index contributed by atoms with van der Waals surface area (Å²) in [5.74, 6) is 0.687. The lowest BCUT2D eigenvalue weighted by molar-refractivity contribution is -0.123. The maximum Gasteiger partial charge on any atom is 0.258 e. The first-order valence-electron chi connectivity index (χ1n) is 9.67. The summed E-state index contributed by atoms with van der Waals surface area (Å²) < 4.78 is 39.2. The van der Waals surface area contributed by atoms with Crippen LogP contribution in [-0.4, -0.2) is 45.6 Å². The standard InChI is InChI=1S/C22H21NO7S/c1-28-16-4-2-14(3-5-16)19-11-30-20-10-17(6-7-18(20)22(19)25)29-12-21(24)23-15-8-9-31(26,27)13-15/h2-7,10-11,15H,8-9,12-13H2,1H3,(H,23,24). The molecule has 1 saturated heterocycles. The molecule has 2 aromatic carbocycles. The molecule has 8 nitrogen and oxygen atoms in total. The largest absolute Gasteiger partial charge is 0.497 e. The number of carbonyl (C=O) groups excluding carboxylic acids is 1. The third-order valence-electron chi connectivity index (χ3n) is 5.11. The van der Waals surface area contributed by atoms with Crippen LogP contribution in [0.3, 0.4) is 0 Å². The molecule has 0 saturated carbocycles. The summed E-state index contributed by atoms with van der Waals surface area (Å²) in [4.78, 5) is 24.9. The molecule has 4 rings (SSSR count). The second-order valence-corrected chi connectivity index (χ2v) is 9.55. The molecular weight excluding hydrogens is 422 g/mol. The van der Waals surface area contributed by atoms with Crippen LogP contribution in [0.4, 0.5) is 0 Å². The first-order valence-corrected chi connectivity index (χ1v) is 11.5. The molecular formula is C22H21NO7S. The zero-order chi connectivity index (χ0) is 22.0. The van der Waals surface area contributed by atoms with Crippen LogP contribution in [0.5, 0.6) is 11.5 Å². The summed E-state index contributed by atoms with van der Waals surface area (Å²) >= 11 is 0. The molecule has 0 aliphatic carbocycles. The van der Waals surface area contributed by atoms with Crippen molar-refractivity contribution in [1.82, 2.24) is 5.32 Å². The maximum atomic E-state index is 12.9. The molecule has 0 spiro atoms. The Morgan fingerprint density at radius 2 is 1.90 bits per heavy atom. The van der Waals surface area contributed by atoms with E-state index >= 15 is 0 Å². The van der Waals surface area contributed by atoms with E-state index in [0.29, 0.717) is 40.0 Å². The first kappa shape index (κ1) is 20.9. The van der Waals surface area contributed by atoms with E-state index in [4.69, 9.17) is 13.9 Å². The zero-order valence-electron chi connectivity index (χ0n) is 16.8. The van der Waals surface area contributed by atoms with Gasteiger partial charge in [-0.3, -0.25) is 9.59 Å². The van der Waals surface area contributed by atoms with Crippen molar-refractivity contribution in [2.75, 3.05) is 25.2 Å². The highest BCUT2D eigenvalue weighted by molar-refractivity contribution is 7.91. The van der Waals surface area contributed by atoms with Gasteiger partial charge < -0.3 is 19.2 Å². The molecule has 3 aromatic rings. The van der Waals surface area contributed by atoms with Crippen LogP contribution in [0, 0.1) is 0 Å². The number of benzene rings is 2. The monoisotopic (exact) mass is 443 g/mol. The summed E-state index contributed by atoms with van der Waals surface area (Å²) in [6.45, 7) is -0.268. The molecule has 1 unspecified atom stereocenters. The Bertz CT molecular complexity index is 1280. The smallest absolute Gasteiger partial charge is 0.258 e. The van der Waals surface area contributed by atoms with Gasteiger partial charge >= 0.3 is 0 Å². The van der Waals surface area contributed by atoms with Crippen molar-refractivity contribution in [1.29, 1.82) is 0 Å². The Labute approximate surface area is 178 Å².